The molecule has 9 heteroatoms. The van der Waals surface area contributed by atoms with Crippen LogP contribution in [0.15, 0.2) is 48.5 Å². The summed E-state index contributed by atoms with van der Waals surface area (Å²) in [6, 6.07) is 13.1. The Balaban J connectivity index is 1.28. The number of rotatable bonds is 4. The number of ether oxygens (including phenoxy) is 3. The molecule has 2 aliphatic heterocycles. The first-order valence-corrected chi connectivity index (χ1v) is 10.4. The predicted octanol–water partition coefficient (Wildman–Crippen LogP) is 1.89. The van der Waals surface area contributed by atoms with E-state index in [1.54, 1.807) is 12.1 Å². The van der Waals surface area contributed by atoms with E-state index in [-0.39, 0.29) is 0 Å². The fourth-order valence-corrected chi connectivity index (χ4v) is 3.85. The molecule has 168 valence electrons. The molecule has 2 amide bonds. The van der Waals surface area contributed by atoms with Gasteiger partial charge in [-0.2, -0.15) is 0 Å². The first-order valence-electron chi connectivity index (χ1n) is 10.4. The molecule has 0 unspecified atom stereocenters. The molecule has 1 spiro atoms. The summed E-state index contributed by atoms with van der Waals surface area (Å²) in [6.07, 6.45) is 1.61. The lowest BCUT2D eigenvalue weighted by molar-refractivity contribution is -0.169. The van der Waals surface area contributed by atoms with Gasteiger partial charge >= 0.3 is 5.97 Å². The molecule has 2 heterocycles. The van der Waals surface area contributed by atoms with Crippen LogP contribution in [0.3, 0.4) is 0 Å². The van der Waals surface area contributed by atoms with Crippen molar-refractivity contribution in [1.29, 1.82) is 0 Å². The third-order valence-corrected chi connectivity index (χ3v) is 5.69. The van der Waals surface area contributed by atoms with E-state index >= 15 is 0 Å². The number of carbonyl (C=O) groups is 3. The molecule has 2 N–H and O–H groups in total. The maximum absolute atomic E-state index is 12.4. The van der Waals surface area contributed by atoms with Crippen molar-refractivity contribution in [2.45, 2.75) is 18.6 Å². The van der Waals surface area contributed by atoms with Gasteiger partial charge in [-0.05, 0) is 48.5 Å². The Hall–Kier alpha value is -3.43. The highest BCUT2D eigenvalue weighted by atomic mass is 16.7. The Labute approximate surface area is 185 Å². The lowest BCUT2D eigenvalue weighted by atomic mass is 10.0. The van der Waals surface area contributed by atoms with E-state index in [9.17, 15) is 14.4 Å². The van der Waals surface area contributed by atoms with Crippen molar-refractivity contribution < 1.29 is 28.6 Å². The van der Waals surface area contributed by atoms with Crippen molar-refractivity contribution in [3.63, 3.8) is 0 Å². The molecule has 2 fully saturated rings. The summed E-state index contributed by atoms with van der Waals surface area (Å²) in [5.74, 6) is -1.84. The van der Waals surface area contributed by atoms with Crippen LogP contribution in [0, 0.1) is 0 Å². The largest absolute Gasteiger partial charge is 0.465 e. The Morgan fingerprint density at radius 2 is 1.28 bits per heavy atom. The van der Waals surface area contributed by atoms with Crippen LogP contribution >= 0.6 is 0 Å². The van der Waals surface area contributed by atoms with Crippen LogP contribution in [0.5, 0.6) is 0 Å². The van der Waals surface area contributed by atoms with Gasteiger partial charge in [-0.1, -0.05) is 0 Å². The van der Waals surface area contributed by atoms with E-state index in [0.717, 1.165) is 31.6 Å². The van der Waals surface area contributed by atoms with Crippen LogP contribution in [0.2, 0.25) is 0 Å². The number of hydrogen-bond donors (Lipinski definition) is 2. The molecule has 0 aliphatic carbocycles. The summed E-state index contributed by atoms with van der Waals surface area (Å²) in [5, 5.41) is 0. The standard InChI is InChI=1S/C23H25N3O6/c1-30-22(29)18-4-2-16(3-5-18)20(27)24-25-21(28)17-6-8-19(9-7-17)26-12-10-23(11-13-26)31-14-15-32-23/h2-9H,10-15H2,1H3,(H,24,27)(H,25,28). The number of anilines is 1. The fourth-order valence-electron chi connectivity index (χ4n) is 3.85. The number of piperidine rings is 1. The van der Waals surface area contributed by atoms with Crippen LogP contribution in [-0.4, -0.2) is 57.0 Å². The maximum Gasteiger partial charge on any atom is 0.337 e. The van der Waals surface area contributed by atoms with E-state index in [1.807, 2.05) is 12.1 Å². The molecule has 0 saturated carbocycles. The summed E-state index contributed by atoms with van der Waals surface area (Å²) in [5.41, 5.74) is 6.84. The zero-order chi connectivity index (χ0) is 22.6. The van der Waals surface area contributed by atoms with Crippen LogP contribution in [0.4, 0.5) is 5.69 Å². The smallest absolute Gasteiger partial charge is 0.337 e. The van der Waals surface area contributed by atoms with Crippen molar-refractivity contribution in [2.24, 2.45) is 0 Å². The first-order chi connectivity index (χ1) is 15.5. The molecule has 0 atom stereocenters. The third-order valence-electron chi connectivity index (χ3n) is 5.69. The topological polar surface area (TPSA) is 106 Å². The SMILES string of the molecule is COC(=O)c1ccc(C(=O)NNC(=O)c2ccc(N3CCC4(CC3)OCCO4)cc2)cc1. The van der Waals surface area contributed by atoms with E-state index in [1.165, 1.54) is 31.4 Å². The molecule has 2 aliphatic rings. The van der Waals surface area contributed by atoms with Gasteiger partial charge in [-0.3, -0.25) is 20.4 Å². The maximum atomic E-state index is 12.4. The molecule has 9 nitrogen and oxygen atoms in total. The van der Waals surface area contributed by atoms with Crippen LogP contribution < -0.4 is 15.8 Å². The summed E-state index contributed by atoms with van der Waals surface area (Å²) >= 11 is 0. The monoisotopic (exact) mass is 439 g/mol. The summed E-state index contributed by atoms with van der Waals surface area (Å²) < 4.78 is 16.1. The molecule has 4 rings (SSSR count). The van der Waals surface area contributed by atoms with E-state index in [2.05, 4.69) is 20.5 Å². The summed E-state index contributed by atoms with van der Waals surface area (Å²) in [4.78, 5) is 38.3. The number of benzene rings is 2. The predicted molar refractivity (Wildman–Crippen MR) is 115 cm³/mol. The van der Waals surface area contributed by atoms with E-state index in [4.69, 9.17) is 9.47 Å². The summed E-state index contributed by atoms with van der Waals surface area (Å²) in [7, 11) is 1.28. The van der Waals surface area contributed by atoms with Crippen LogP contribution in [-0.2, 0) is 14.2 Å². The van der Waals surface area contributed by atoms with E-state index in [0.29, 0.717) is 29.9 Å². The fraction of sp³-hybridized carbons (Fsp3) is 0.348. The Kier molecular flexibility index (Phi) is 6.38. The van der Waals surface area contributed by atoms with Crippen molar-refractivity contribution >= 4 is 23.5 Å². The average Bonchev–Trinajstić information content (AvgIpc) is 3.30. The van der Waals surface area contributed by atoms with Gasteiger partial charge in [0.05, 0.1) is 25.9 Å². The number of esters is 1. The first kappa shape index (κ1) is 21.8. The van der Waals surface area contributed by atoms with Crippen molar-refractivity contribution in [3.05, 3.63) is 65.2 Å². The Bertz CT molecular complexity index is 974. The minimum absolute atomic E-state index is 0.298. The number of amides is 2. The number of methoxy groups -OCH3 is 1. The van der Waals surface area contributed by atoms with Crippen molar-refractivity contribution in [1.82, 2.24) is 10.9 Å². The van der Waals surface area contributed by atoms with Crippen LogP contribution in [0.25, 0.3) is 0 Å². The van der Waals surface area contributed by atoms with Gasteiger partial charge in [-0.25, -0.2) is 4.79 Å². The molecule has 0 aromatic heterocycles. The van der Waals surface area contributed by atoms with Crippen molar-refractivity contribution in [3.8, 4) is 0 Å². The average molecular weight is 439 g/mol. The number of carbonyl (C=O) groups excluding carboxylic acids is 3. The highest BCUT2D eigenvalue weighted by molar-refractivity contribution is 5.99. The van der Waals surface area contributed by atoms with Gasteiger partial charge in [0.1, 0.15) is 0 Å². The lowest BCUT2D eigenvalue weighted by Crippen LogP contribution is -2.45. The molecule has 0 radical (unpaired) electrons. The second-order valence-electron chi connectivity index (χ2n) is 7.62. The van der Waals surface area contributed by atoms with Gasteiger partial charge in [0.15, 0.2) is 5.79 Å². The quantitative estimate of drug-likeness (QED) is 0.554. The number of nitrogens with zero attached hydrogens (tertiary/aromatic N) is 1. The highest BCUT2D eigenvalue weighted by Crippen LogP contribution is 2.33. The van der Waals surface area contributed by atoms with Gasteiger partial charge in [0, 0.05) is 42.7 Å². The zero-order valence-corrected chi connectivity index (χ0v) is 17.8. The Morgan fingerprint density at radius 1 is 0.812 bits per heavy atom. The zero-order valence-electron chi connectivity index (χ0n) is 17.8. The lowest BCUT2D eigenvalue weighted by Gasteiger charge is -2.38. The van der Waals surface area contributed by atoms with E-state index < -0.39 is 23.6 Å². The summed E-state index contributed by atoms with van der Waals surface area (Å²) in [6.45, 7) is 2.94. The third kappa shape index (κ3) is 4.74. The molecule has 2 aromatic rings. The number of nitrogens with one attached hydrogen (secondary N) is 2. The molecular formula is C23H25N3O6. The van der Waals surface area contributed by atoms with Gasteiger partial charge in [0.25, 0.3) is 11.8 Å². The number of hydrogen-bond acceptors (Lipinski definition) is 7. The van der Waals surface area contributed by atoms with Crippen LogP contribution in [0.1, 0.15) is 43.9 Å². The van der Waals surface area contributed by atoms with Gasteiger partial charge in [0.2, 0.25) is 0 Å². The van der Waals surface area contributed by atoms with Gasteiger partial charge in [-0.15, -0.1) is 0 Å². The normalized spacial score (nSPS) is 17.1. The van der Waals surface area contributed by atoms with Gasteiger partial charge < -0.3 is 19.1 Å². The highest BCUT2D eigenvalue weighted by Gasteiger charge is 2.39. The molecular weight excluding hydrogens is 414 g/mol. The number of hydrazine groups is 1. The Morgan fingerprint density at radius 3 is 1.78 bits per heavy atom. The second kappa shape index (κ2) is 9.37. The van der Waals surface area contributed by atoms with Crippen molar-refractivity contribution in [2.75, 3.05) is 38.3 Å². The molecule has 2 saturated heterocycles. The molecule has 2 aromatic carbocycles. The minimum Gasteiger partial charge on any atom is -0.465 e. The molecule has 0 bridgehead atoms. The second-order valence-corrected chi connectivity index (χ2v) is 7.62. The molecule has 32 heavy (non-hydrogen) atoms. The minimum atomic E-state index is -0.495.